The fourth-order valence-corrected chi connectivity index (χ4v) is 3.58. The van der Waals surface area contributed by atoms with E-state index in [4.69, 9.17) is 10.5 Å². The number of hydrogen-bond donors (Lipinski definition) is 1. The Morgan fingerprint density at radius 1 is 1.12 bits per heavy atom. The lowest BCUT2D eigenvalue weighted by molar-refractivity contribution is 0.0663. The zero-order valence-corrected chi connectivity index (χ0v) is 18.9. The molecule has 0 unspecified atom stereocenters. The number of carbonyl (C=O) groups is 1. The summed E-state index contributed by atoms with van der Waals surface area (Å²) < 4.78 is 5.48. The molecule has 3 heterocycles. The SMILES string of the molecule is CCOc1ccc(CN(C(=O)c2ccc3nc(N)c(C)cc3c2)[C@H](C)c2ncccn2)nc1. The molecule has 0 radical (unpaired) electrons. The van der Waals surface area contributed by atoms with E-state index in [1.165, 1.54) is 0 Å². The van der Waals surface area contributed by atoms with Gasteiger partial charge in [-0.1, -0.05) is 0 Å². The molecule has 0 saturated heterocycles. The van der Waals surface area contributed by atoms with Crippen molar-refractivity contribution in [1.29, 1.82) is 0 Å². The second-order valence-corrected chi connectivity index (χ2v) is 7.73. The molecule has 0 aliphatic heterocycles. The number of aromatic nitrogens is 4. The summed E-state index contributed by atoms with van der Waals surface area (Å²) >= 11 is 0. The van der Waals surface area contributed by atoms with Crippen molar-refractivity contribution in [1.82, 2.24) is 24.8 Å². The molecule has 8 heteroatoms. The topological polar surface area (TPSA) is 107 Å². The number of hydrogen-bond acceptors (Lipinski definition) is 7. The Labute approximate surface area is 192 Å². The fraction of sp³-hybridized carbons (Fsp3) is 0.240. The van der Waals surface area contributed by atoms with Gasteiger partial charge in [0.25, 0.3) is 5.91 Å². The van der Waals surface area contributed by atoms with Crippen molar-refractivity contribution in [3.05, 3.63) is 83.7 Å². The van der Waals surface area contributed by atoms with Gasteiger partial charge in [-0.15, -0.1) is 0 Å². The van der Waals surface area contributed by atoms with Crippen LogP contribution in [0.25, 0.3) is 10.9 Å². The minimum Gasteiger partial charge on any atom is -0.492 e. The van der Waals surface area contributed by atoms with E-state index in [0.717, 1.165) is 22.2 Å². The van der Waals surface area contributed by atoms with Gasteiger partial charge in [-0.25, -0.2) is 15.0 Å². The first-order chi connectivity index (χ1) is 16.0. The molecule has 168 valence electrons. The average Bonchev–Trinajstić information content (AvgIpc) is 2.84. The van der Waals surface area contributed by atoms with Gasteiger partial charge < -0.3 is 15.4 Å². The minimum atomic E-state index is -0.367. The number of pyridine rings is 2. The molecule has 0 aliphatic carbocycles. The molecule has 3 aromatic heterocycles. The van der Waals surface area contributed by atoms with Crippen LogP contribution >= 0.6 is 0 Å². The summed E-state index contributed by atoms with van der Waals surface area (Å²) in [7, 11) is 0. The number of amides is 1. The molecular weight excluding hydrogens is 416 g/mol. The van der Waals surface area contributed by atoms with E-state index >= 15 is 0 Å². The van der Waals surface area contributed by atoms with E-state index in [2.05, 4.69) is 19.9 Å². The summed E-state index contributed by atoms with van der Waals surface area (Å²) in [5, 5.41) is 0.857. The third kappa shape index (κ3) is 4.90. The van der Waals surface area contributed by atoms with Crippen LogP contribution in [0.15, 0.2) is 61.1 Å². The largest absolute Gasteiger partial charge is 0.492 e. The number of carbonyl (C=O) groups excluding carboxylic acids is 1. The van der Waals surface area contributed by atoms with Crippen molar-refractivity contribution in [3.8, 4) is 5.75 Å². The lowest BCUT2D eigenvalue weighted by Gasteiger charge is -2.28. The maximum Gasteiger partial charge on any atom is 0.254 e. The average molecular weight is 443 g/mol. The first-order valence-electron chi connectivity index (χ1n) is 10.8. The maximum atomic E-state index is 13.7. The van der Waals surface area contributed by atoms with Gasteiger partial charge in [0.1, 0.15) is 17.4 Å². The lowest BCUT2D eigenvalue weighted by Crippen LogP contribution is -2.34. The highest BCUT2D eigenvalue weighted by Crippen LogP contribution is 2.25. The Bertz CT molecular complexity index is 1260. The zero-order valence-electron chi connectivity index (χ0n) is 18.9. The fourth-order valence-electron chi connectivity index (χ4n) is 3.58. The molecule has 0 bridgehead atoms. The Balaban J connectivity index is 1.69. The van der Waals surface area contributed by atoms with E-state index in [-0.39, 0.29) is 11.9 Å². The van der Waals surface area contributed by atoms with Crippen LogP contribution in [0.2, 0.25) is 0 Å². The molecule has 8 nitrogen and oxygen atoms in total. The molecule has 1 atom stereocenters. The Morgan fingerprint density at radius 2 is 1.91 bits per heavy atom. The van der Waals surface area contributed by atoms with Crippen LogP contribution < -0.4 is 10.5 Å². The van der Waals surface area contributed by atoms with Gasteiger partial charge in [-0.3, -0.25) is 9.78 Å². The van der Waals surface area contributed by atoms with E-state index in [9.17, 15) is 4.79 Å². The van der Waals surface area contributed by atoms with Gasteiger partial charge in [0, 0.05) is 23.3 Å². The summed E-state index contributed by atoms with van der Waals surface area (Å²) in [5.41, 5.74) is 8.83. The van der Waals surface area contributed by atoms with Crippen molar-refractivity contribution < 1.29 is 9.53 Å². The standard InChI is InChI=1S/C25H26N6O2/c1-4-33-21-8-7-20(29-14-21)15-31(17(3)24-27-10-5-11-28-24)25(32)18-6-9-22-19(13-18)12-16(2)23(26)30-22/h5-14,17H,4,15H2,1-3H3,(H2,26,30)/t17-/m1/s1. The summed E-state index contributed by atoms with van der Waals surface area (Å²) in [6, 6.07) is 12.5. The minimum absolute atomic E-state index is 0.151. The number of rotatable bonds is 7. The molecule has 0 saturated carbocycles. The summed E-state index contributed by atoms with van der Waals surface area (Å²) in [6.07, 6.45) is 5.01. The molecule has 0 spiro atoms. The number of nitrogens with zero attached hydrogens (tertiary/aromatic N) is 5. The highest BCUT2D eigenvalue weighted by Gasteiger charge is 2.25. The second kappa shape index (κ2) is 9.60. The quantitative estimate of drug-likeness (QED) is 0.459. The van der Waals surface area contributed by atoms with Crippen LogP contribution in [-0.2, 0) is 6.54 Å². The highest BCUT2D eigenvalue weighted by molar-refractivity contribution is 5.98. The van der Waals surface area contributed by atoms with Gasteiger partial charge in [-0.05, 0) is 68.8 Å². The molecule has 0 fully saturated rings. The van der Waals surface area contributed by atoms with Crippen LogP contribution in [-0.4, -0.2) is 37.3 Å². The first-order valence-corrected chi connectivity index (χ1v) is 10.8. The molecular formula is C25H26N6O2. The van der Waals surface area contributed by atoms with Crippen LogP contribution in [0, 0.1) is 6.92 Å². The van der Waals surface area contributed by atoms with Gasteiger partial charge >= 0.3 is 0 Å². The number of aryl methyl sites for hydroxylation is 1. The predicted octanol–water partition coefficient (Wildman–Crippen LogP) is 4.11. The molecule has 1 aromatic carbocycles. The normalized spacial score (nSPS) is 11.8. The van der Waals surface area contributed by atoms with Crippen molar-refractivity contribution in [2.24, 2.45) is 0 Å². The van der Waals surface area contributed by atoms with Crippen molar-refractivity contribution in [2.45, 2.75) is 33.4 Å². The lowest BCUT2D eigenvalue weighted by atomic mass is 10.1. The zero-order chi connectivity index (χ0) is 23.4. The molecule has 4 aromatic rings. The number of benzene rings is 1. The highest BCUT2D eigenvalue weighted by atomic mass is 16.5. The van der Waals surface area contributed by atoms with E-state index < -0.39 is 0 Å². The van der Waals surface area contributed by atoms with E-state index in [1.54, 1.807) is 35.6 Å². The Hall–Kier alpha value is -4.07. The van der Waals surface area contributed by atoms with Crippen LogP contribution in [0.5, 0.6) is 5.75 Å². The van der Waals surface area contributed by atoms with Crippen molar-refractivity contribution >= 4 is 22.6 Å². The summed E-state index contributed by atoms with van der Waals surface area (Å²) in [4.78, 5) is 33.0. The van der Waals surface area contributed by atoms with Gasteiger partial charge in [0.15, 0.2) is 0 Å². The van der Waals surface area contributed by atoms with Crippen LogP contribution in [0.4, 0.5) is 5.82 Å². The number of anilines is 1. The number of nitrogens with two attached hydrogens (primary N) is 1. The van der Waals surface area contributed by atoms with E-state index in [0.29, 0.717) is 36.1 Å². The number of nitrogen functional groups attached to an aromatic ring is 1. The molecule has 1 amide bonds. The molecule has 33 heavy (non-hydrogen) atoms. The van der Waals surface area contributed by atoms with E-state index in [1.807, 2.05) is 51.1 Å². The smallest absolute Gasteiger partial charge is 0.254 e. The molecule has 4 rings (SSSR count). The number of fused-ring (bicyclic) bond motifs is 1. The van der Waals surface area contributed by atoms with Gasteiger partial charge in [-0.2, -0.15) is 0 Å². The van der Waals surface area contributed by atoms with Crippen molar-refractivity contribution in [2.75, 3.05) is 12.3 Å². The van der Waals surface area contributed by atoms with Crippen molar-refractivity contribution in [3.63, 3.8) is 0 Å². The van der Waals surface area contributed by atoms with Crippen LogP contribution in [0.1, 0.15) is 47.3 Å². The third-order valence-electron chi connectivity index (χ3n) is 5.42. The summed E-state index contributed by atoms with van der Waals surface area (Å²) in [6.45, 7) is 6.59. The predicted molar refractivity (Wildman–Crippen MR) is 127 cm³/mol. The molecule has 2 N–H and O–H groups in total. The molecule has 0 aliphatic rings. The number of ether oxygens (including phenoxy) is 1. The Morgan fingerprint density at radius 3 is 2.61 bits per heavy atom. The maximum absolute atomic E-state index is 13.7. The third-order valence-corrected chi connectivity index (χ3v) is 5.42. The summed E-state index contributed by atoms with van der Waals surface area (Å²) in [5.74, 6) is 1.58. The first kappa shape index (κ1) is 22.1. The monoisotopic (exact) mass is 442 g/mol. The Kier molecular flexibility index (Phi) is 6.44. The second-order valence-electron chi connectivity index (χ2n) is 7.73. The van der Waals surface area contributed by atoms with Crippen LogP contribution in [0.3, 0.4) is 0 Å². The van der Waals surface area contributed by atoms with Gasteiger partial charge in [0.2, 0.25) is 0 Å². The van der Waals surface area contributed by atoms with Gasteiger partial charge in [0.05, 0.1) is 36.6 Å².